The number of unbranched alkanes of at least 4 members (excludes halogenated alkanes) is 1. The summed E-state index contributed by atoms with van der Waals surface area (Å²) in [7, 11) is 0. The Kier molecular flexibility index (Phi) is 7.55. The van der Waals surface area contributed by atoms with Crippen molar-refractivity contribution in [3.63, 3.8) is 0 Å². The molecule has 0 heterocycles. The van der Waals surface area contributed by atoms with Gasteiger partial charge in [0, 0.05) is 5.69 Å². The van der Waals surface area contributed by atoms with Crippen LogP contribution in [0.5, 0.6) is 5.75 Å². The average molecular weight is 367 g/mol. The molecule has 0 fully saturated rings. The van der Waals surface area contributed by atoms with Crippen LogP contribution >= 0.6 is 0 Å². The van der Waals surface area contributed by atoms with Crippen LogP contribution in [-0.2, 0) is 9.59 Å². The molecule has 2 aromatic rings. The van der Waals surface area contributed by atoms with Crippen LogP contribution in [0.4, 0.5) is 5.69 Å². The summed E-state index contributed by atoms with van der Waals surface area (Å²) in [6, 6.07) is 12.8. The number of hydrazone groups is 1. The maximum Gasteiger partial charge on any atom is 0.329 e. The van der Waals surface area contributed by atoms with E-state index in [1.165, 1.54) is 6.21 Å². The summed E-state index contributed by atoms with van der Waals surface area (Å²) in [5, 5.41) is 6.36. The van der Waals surface area contributed by atoms with Crippen LogP contribution in [0.2, 0.25) is 0 Å². The summed E-state index contributed by atoms with van der Waals surface area (Å²) in [6.45, 7) is 6.72. The Morgan fingerprint density at radius 3 is 2.44 bits per heavy atom. The Morgan fingerprint density at radius 1 is 1.04 bits per heavy atom. The number of nitrogens with zero attached hydrogens (tertiary/aromatic N) is 1. The molecule has 2 rings (SSSR count). The van der Waals surface area contributed by atoms with Crippen LogP contribution in [0.1, 0.15) is 36.5 Å². The molecule has 0 unspecified atom stereocenters. The topological polar surface area (TPSA) is 79.8 Å². The van der Waals surface area contributed by atoms with Crippen LogP contribution in [0, 0.1) is 13.8 Å². The fourth-order valence-corrected chi connectivity index (χ4v) is 2.21. The zero-order valence-electron chi connectivity index (χ0n) is 15.9. The number of aryl methyl sites for hydroxylation is 2. The first-order valence-corrected chi connectivity index (χ1v) is 8.94. The molecule has 6 nitrogen and oxygen atoms in total. The van der Waals surface area contributed by atoms with E-state index in [0.717, 1.165) is 35.3 Å². The Hall–Kier alpha value is -3.15. The standard InChI is InChI=1S/C21H25N3O3/c1-4-5-12-27-19-10-7-17(8-11-19)14-22-24-21(26)20(25)23-18-9-6-15(2)16(3)13-18/h6-11,13-14H,4-5,12H2,1-3H3,(H,23,25)(H,24,26)/b22-14-. The van der Waals surface area contributed by atoms with Gasteiger partial charge in [-0.3, -0.25) is 9.59 Å². The minimum absolute atomic E-state index is 0.570. The van der Waals surface area contributed by atoms with E-state index < -0.39 is 11.8 Å². The highest BCUT2D eigenvalue weighted by molar-refractivity contribution is 6.39. The summed E-state index contributed by atoms with van der Waals surface area (Å²) in [6.07, 6.45) is 3.57. The van der Waals surface area contributed by atoms with E-state index in [1.54, 1.807) is 6.07 Å². The number of ether oxygens (including phenoxy) is 1. The predicted octanol–water partition coefficient (Wildman–Crippen LogP) is 3.57. The largest absolute Gasteiger partial charge is 0.494 e. The second-order valence-corrected chi connectivity index (χ2v) is 6.22. The monoisotopic (exact) mass is 367 g/mol. The number of nitrogens with one attached hydrogen (secondary N) is 2. The molecule has 0 aliphatic heterocycles. The Labute approximate surface area is 159 Å². The molecule has 2 aromatic carbocycles. The Balaban J connectivity index is 1.83. The summed E-state index contributed by atoms with van der Waals surface area (Å²) in [5.41, 5.74) is 5.73. The summed E-state index contributed by atoms with van der Waals surface area (Å²) in [5.74, 6) is -0.809. The molecule has 2 N–H and O–H groups in total. The van der Waals surface area contributed by atoms with Crippen LogP contribution in [0.25, 0.3) is 0 Å². The first-order chi connectivity index (χ1) is 13.0. The molecule has 0 saturated heterocycles. The van der Waals surface area contributed by atoms with Crippen molar-refractivity contribution < 1.29 is 14.3 Å². The van der Waals surface area contributed by atoms with E-state index in [0.29, 0.717) is 12.3 Å². The maximum absolute atomic E-state index is 11.9. The van der Waals surface area contributed by atoms with Gasteiger partial charge in [0.05, 0.1) is 12.8 Å². The lowest BCUT2D eigenvalue weighted by molar-refractivity contribution is -0.136. The molecule has 2 amide bonds. The Bertz CT molecular complexity index is 814. The van der Waals surface area contributed by atoms with E-state index in [4.69, 9.17) is 4.74 Å². The Morgan fingerprint density at radius 2 is 1.78 bits per heavy atom. The van der Waals surface area contributed by atoms with Gasteiger partial charge in [-0.25, -0.2) is 5.43 Å². The number of benzene rings is 2. The van der Waals surface area contributed by atoms with E-state index >= 15 is 0 Å². The van der Waals surface area contributed by atoms with Crippen molar-refractivity contribution in [2.75, 3.05) is 11.9 Å². The smallest absolute Gasteiger partial charge is 0.329 e. The highest BCUT2D eigenvalue weighted by Crippen LogP contribution is 2.14. The van der Waals surface area contributed by atoms with Gasteiger partial charge in [-0.2, -0.15) is 5.10 Å². The number of carbonyl (C=O) groups excluding carboxylic acids is 2. The molecule has 0 radical (unpaired) electrons. The van der Waals surface area contributed by atoms with Crippen LogP contribution < -0.4 is 15.5 Å². The van der Waals surface area contributed by atoms with E-state index in [1.807, 2.05) is 50.2 Å². The fourth-order valence-electron chi connectivity index (χ4n) is 2.21. The van der Waals surface area contributed by atoms with Gasteiger partial charge in [0.1, 0.15) is 5.75 Å². The first kappa shape index (κ1) is 20.2. The van der Waals surface area contributed by atoms with E-state index in [2.05, 4.69) is 22.8 Å². The highest BCUT2D eigenvalue weighted by Gasteiger charge is 2.13. The molecule has 142 valence electrons. The summed E-state index contributed by atoms with van der Waals surface area (Å²) in [4.78, 5) is 23.7. The van der Waals surface area contributed by atoms with Gasteiger partial charge in [-0.1, -0.05) is 19.4 Å². The van der Waals surface area contributed by atoms with Crippen molar-refractivity contribution in [3.05, 3.63) is 59.2 Å². The van der Waals surface area contributed by atoms with Crippen LogP contribution in [0.15, 0.2) is 47.6 Å². The zero-order valence-corrected chi connectivity index (χ0v) is 15.9. The van der Waals surface area contributed by atoms with Gasteiger partial charge in [0.25, 0.3) is 0 Å². The molecule has 0 aliphatic carbocycles. The SMILES string of the molecule is CCCCOc1ccc(/C=N\NC(=O)C(=O)Nc2ccc(C)c(C)c2)cc1. The molecule has 0 atom stereocenters. The molecule has 0 aromatic heterocycles. The van der Waals surface area contributed by atoms with Gasteiger partial charge in [0.15, 0.2) is 0 Å². The number of carbonyl (C=O) groups is 2. The number of amides is 2. The molecule has 0 aliphatic rings. The van der Waals surface area contributed by atoms with Crippen LogP contribution in [-0.4, -0.2) is 24.6 Å². The molecule has 0 spiro atoms. The van der Waals surface area contributed by atoms with Crippen molar-refractivity contribution in [3.8, 4) is 5.75 Å². The van der Waals surface area contributed by atoms with Crippen molar-refractivity contribution in [1.82, 2.24) is 5.43 Å². The second kappa shape index (κ2) is 10.1. The highest BCUT2D eigenvalue weighted by atomic mass is 16.5. The van der Waals surface area contributed by atoms with Gasteiger partial charge >= 0.3 is 11.8 Å². The zero-order chi connectivity index (χ0) is 19.6. The minimum Gasteiger partial charge on any atom is -0.494 e. The maximum atomic E-state index is 11.9. The number of anilines is 1. The molecule has 27 heavy (non-hydrogen) atoms. The molecule has 0 saturated carbocycles. The summed E-state index contributed by atoms with van der Waals surface area (Å²) >= 11 is 0. The van der Waals surface area contributed by atoms with Crippen molar-refractivity contribution in [1.29, 1.82) is 0 Å². The molecule has 6 heteroatoms. The van der Waals surface area contributed by atoms with Gasteiger partial charge in [0.2, 0.25) is 0 Å². The van der Waals surface area contributed by atoms with E-state index in [9.17, 15) is 9.59 Å². The lowest BCUT2D eigenvalue weighted by Crippen LogP contribution is -2.32. The summed E-state index contributed by atoms with van der Waals surface area (Å²) < 4.78 is 5.58. The number of hydrogen-bond donors (Lipinski definition) is 2. The number of hydrogen-bond acceptors (Lipinski definition) is 4. The third-order valence-corrected chi connectivity index (χ3v) is 4.00. The quantitative estimate of drug-likeness (QED) is 0.340. The lowest BCUT2D eigenvalue weighted by Gasteiger charge is -2.06. The third kappa shape index (κ3) is 6.58. The van der Waals surface area contributed by atoms with Gasteiger partial charge in [-0.05, 0) is 73.4 Å². The first-order valence-electron chi connectivity index (χ1n) is 8.94. The van der Waals surface area contributed by atoms with Gasteiger partial charge in [-0.15, -0.1) is 0 Å². The molecule has 0 bridgehead atoms. The lowest BCUT2D eigenvalue weighted by atomic mass is 10.1. The fraction of sp³-hybridized carbons (Fsp3) is 0.286. The number of rotatable bonds is 7. The predicted molar refractivity (Wildman–Crippen MR) is 107 cm³/mol. The molecular weight excluding hydrogens is 342 g/mol. The third-order valence-electron chi connectivity index (χ3n) is 4.00. The van der Waals surface area contributed by atoms with E-state index in [-0.39, 0.29) is 0 Å². The average Bonchev–Trinajstić information content (AvgIpc) is 2.66. The van der Waals surface area contributed by atoms with Gasteiger partial charge < -0.3 is 10.1 Å². The van der Waals surface area contributed by atoms with Crippen LogP contribution in [0.3, 0.4) is 0 Å². The van der Waals surface area contributed by atoms with Crippen molar-refractivity contribution in [2.45, 2.75) is 33.6 Å². The van der Waals surface area contributed by atoms with Crippen molar-refractivity contribution in [2.24, 2.45) is 5.10 Å². The van der Waals surface area contributed by atoms with Crippen molar-refractivity contribution >= 4 is 23.7 Å². The minimum atomic E-state index is -0.830. The molecular formula is C21H25N3O3. The normalized spacial score (nSPS) is 10.6. The second-order valence-electron chi connectivity index (χ2n) is 6.22.